The van der Waals surface area contributed by atoms with E-state index < -0.39 is 35.9 Å². The van der Waals surface area contributed by atoms with Crippen molar-refractivity contribution in [2.45, 2.75) is 45.6 Å². The largest absolute Gasteiger partial charge is 0.444 e. The van der Waals surface area contributed by atoms with Gasteiger partial charge in [-0.2, -0.15) is 0 Å². The average molecular weight is 263 g/mol. The number of ether oxygens (including phenoxy) is 1. The van der Waals surface area contributed by atoms with Gasteiger partial charge in [-0.1, -0.05) is 0 Å². The molecule has 1 fully saturated rings. The number of hydrogen-bond acceptors (Lipinski definition) is 3. The van der Waals surface area contributed by atoms with Crippen LogP contribution in [-0.4, -0.2) is 41.4 Å². The maximum absolute atomic E-state index is 13.7. The molecular formula is C12H19F2NO3. The third kappa shape index (κ3) is 3.65. The van der Waals surface area contributed by atoms with Crippen LogP contribution >= 0.6 is 0 Å². The summed E-state index contributed by atoms with van der Waals surface area (Å²) in [4.78, 5) is 23.7. The Hall–Kier alpha value is -1.20. The number of carbonyl (C=O) groups excluding carboxylic acids is 2. The van der Waals surface area contributed by atoms with E-state index in [0.717, 1.165) is 11.8 Å². The molecule has 1 unspecified atom stereocenters. The monoisotopic (exact) mass is 263 g/mol. The zero-order valence-corrected chi connectivity index (χ0v) is 11.1. The van der Waals surface area contributed by atoms with Crippen LogP contribution in [0.15, 0.2) is 0 Å². The average Bonchev–Trinajstić information content (AvgIpc) is 2.12. The first-order valence-electron chi connectivity index (χ1n) is 5.89. The van der Waals surface area contributed by atoms with Crippen molar-refractivity contribution in [2.24, 2.45) is 5.92 Å². The highest BCUT2D eigenvalue weighted by Gasteiger charge is 2.48. The van der Waals surface area contributed by atoms with Crippen LogP contribution < -0.4 is 0 Å². The van der Waals surface area contributed by atoms with E-state index in [4.69, 9.17) is 4.74 Å². The van der Waals surface area contributed by atoms with Crippen LogP contribution in [0.1, 0.15) is 34.1 Å². The van der Waals surface area contributed by atoms with Gasteiger partial charge in [-0.15, -0.1) is 0 Å². The number of rotatable bonds is 1. The van der Waals surface area contributed by atoms with Gasteiger partial charge < -0.3 is 9.64 Å². The van der Waals surface area contributed by atoms with E-state index >= 15 is 0 Å². The molecule has 1 atom stereocenters. The molecule has 1 aliphatic heterocycles. The second-order valence-corrected chi connectivity index (χ2v) is 5.61. The Kier molecular flexibility index (Phi) is 3.98. The van der Waals surface area contributed by atoms with Crippen LogP contribution in [0, 0.1) is 5.92 Å². The molecule has 0 aromatic carbocycles. The first-order chi connectivity index (χ1) is 8.03. The highest BCUT2D eigenvalue weighted by Crippen LogP contribution is 2.34. The van der Waals surface area contributed by atoms with Gasteiger partial charge in [0.2, 0.25) is 0 Å². The lowest BCUT2D eigenvalue weighted by Crippen LogP contribution is -2.53. The fourth-order valence-corrected chi connectivity index (χ4v) is 1.92. The molecule has 1 saturated heterocycles. The Bertz CT molecular complexity index is 350. The third-order valence-corrected chi connectivity index (χ3v) is 2.74. The number of piperidine rings is 1. The quantitative estimate of drug-likeness (QED) is 0.730. The molecule has 104 valence electrons. The first kappa shape index (κ1) is 14.9. The minimum Gasteiger partial charge on any atom is -0.444 e. The molecule has 0 spiro atoms. The fourth-order valence-electron chi connectivity index (χ4n) is 1.92. The van der Waals surface area contributed by atoms with E-state index in [1.165, 1.54) is 0 Å². The van der Waals surface area contributed by atoms with Crippen LogP contribution in [0.5, 0.6) is 0 Å². The summed E-state index contributed by atoms with van der Waals surface area (Å²) in [7, 11) is 0. The molecule has 0 aliphatic carbocycles. The Labute approximate surface area is 105 Å². The fraction of sp³-hybridized carbons (Fsp3) is 0.833. The summed E-state index contributed by atoms with van der Waals surface area (Å²) in [6.45, 7) is 5.53. The van der Waals surface area contributed by atoms with Gasteiger partial charge in [0.15, 0.2) is 0 Å². The van der Waals surface area contributed by atoms with Crippen molar-refractivity contribution in [3.8, 4) is 0 Å². The van der Waals surface area contributed by atoms with Crippen LogP contribution in [0.3, 0.4) is 0 Å². The molecule has 6 heteroatoms. The summed E-state index contributed by atoms with van der Waals surface area (Å²) in [5, 5.41) is 0. The van der Waals surface area contributed by atoms with E-state index in [9.17, 15) is 18.4 Å². The van der Waals surface area contributed by atoms with Crippen molar-refractivity contribution < 1.29 is 23.1 Å². The summed E-state index contributed by atoms with van der Waals surface area (Å²) in [6, 6.07) is 0. The Morgan fingerprint density at radius 1 is 1.33 bits per heavy atom. The molecular weight excluding hydrogens is 244 g/mol. The van der Waals surface area contributed by atoms with E-state index in [2.05, 4.69) is 0 Å². The molecule has 1 rings (SSSR count). The molecule has 1 aliphatic rings. The number of Topliss-reactive ketones (excluding diaryl/α,β-unsaturated/α-hetero) is 1. The van der Waals surface area contributed by atoms with Crippen molar-refractivity contribution >= 4 is 11.9 Å². The number of likely N-dealkylation sites (tertiary alicyclic amines) is 1. The summed E-state index contributed by atoms with van der Waals surface area (Å²) in [5.41, 5.74) is -0.718. The van der Waals surface area contributed by atoms with Crippen molar-refractivity contribution in [1.29, 1.82) is 0 Å². The smallest absolute Gasteiger partial charge is 0.410 e. The van der Waals surface area contributed by atoms with Crippen molar-refractivity contribution in [3.63, 3.8) is 0 Å². The van der Waals surface area contributed by atoms with Crippen molar-refractivity contribution in [2.75, 3.05) is 13.1 Å². The van der Waals surface area contributed by atoms with Crippen molar-refractivity contribution in [3.05, 3.63) is 0 Å². The highest BCUT2D eigenvalue weighted by molar-refractivity contribution is 5.80. The Morgan fingerprint density at radius 3 is 2.28 bits per heavy atom. The predicted molar refractivity (Wildman–Crippen MR) is 61.5 cm³/mol. The number of alkyl halides is 2. The lowest BCUT2D eigenvalue weighted by Gasteiger charge is -2.37. The van der Waals surface area contributed by atoms with Gasteiger partial charge in [0, 0.05) is 6.54 Å². The lowest BCUT2D eigenvalue weighted by atomic mass is 9.90. The molecule has 0 bridgehead atoms. The van der Waals surface area contributed by atoms with Crippen molar-refractivity contribution in [1.82, 2.24) is 4.90 Å². The standard InChI is InChI=1S/C12H19F2NO3/c1-8(16)9-5-6-15(7-12(9,13)14)10(17)18-11(2,3)4/h9H,5-7H2,1-4H3. The predicted octanol–water partition coefficient (Wildman–Crippen LogP) is 2.47. The van der Waals surface area contributed by atoms with E-state index in [1.54, 1.807) is 20.8 Å². The highest BCUT2D eigenvalue weighted by atomic mass is 19.3. The number of carbonyl (C=O) groups is 2. The van der Waals surface area contributed by atoms with Crippen LogP contribution in [0.25, 0.3) is 0 Å². The molecule has 0 N–H and O–H groups in total. The SMILES string of the molecule is CC(=O)C1CCN(C(=O)OC(C)(C)C)CC1(F)F. The number of hydrogen-bond donors (Lipinski definition) is 0. The summed E-state index contributed by atoms with van der Waals surface area (Å²) in [6.07, 6.45) is -0.786. The first-order valence-corrected chi connectivity index (χ1v) is 5.89. The Balaban J connectivity index is 2.69. The summed E-state index contributed by atoms with van der Waals surface area (Å²) < 4.78 is 32.4. The molecule has 0 aromatic rings. The minimum absolute atomic E-state index is 0.0262. The molecule has 18 heavy (non-hydrogen) atoms. The zero-order valence-electron chi connectivity index (χ0n) is 11.1. The Morgan fingerprint density at radius 2 is 1.89 bits per heavy atom. The molecule has 4 nitrogen and oxygen atoms in total. The lowest BCUT2D eigenvalue weighted by molar-refractivity contribution is -0.146. The van der Waals surface area contributed by atoms with Gasteiger partial charge in [0.1, 0.15) is 11.4 Å². The van der Waals surface area contributed by atoms with Gasteiger partial charge in [-0.05, 0) is 34.1 Å². The maximum atomic E-state index is 13.7. The normalized spacial score (nSPS) is 23.7. The topological polar surface area (TPSA) is 46.6 Å². The van der Waals surface area contributed by atoms with Gasteiger partial charge in [-0.3, -0.25) is 4.79 Å². The maximum Gasteiger partial charge on any atom is 0.410 e. The number of amides is 1. The summed E-state index contributed by atoms with van der Waals surface area (Å²) in [5.74, 6) is -5.01. The van der Waals surface area contributed by atoms with E-state index in [1.807, 2.05) is 0 Å². The second kappa shape index (κ2) is 4.82. The van der Waals surface area contributed by atoms with Crippen LogP contribution in [0.4, 0.5) is 13.6 Å². The number of nitrogens with zero attached hydrogens (tertiary/aromatic N) is 1. The van der Waals surface area contributed by atoms with Gasteiger partial charge in [0.05, 0.1) is 12.5 Å². The molecule has 0 radical (unpaired) electrons. The van der Waals surface area contributed by atoms with E-state index in [0.29, 0.717) is 0 Å². The van der Waals surface area contributed by atoms with Gasteiger partial charge in [0.25, 0.3) is 5.92 Å². The number of halogens is 2. The molecule has 1 amide bonds. The van der Waals surface area contributed by atoms with Crippen LogP contribution in [0.2, 0.25) is 0 Å². The zero-order chi connectivity index (χ0) is 14.1. The van der Waals surface area contributed by atoms with Crippen LogP contribution in [-0.2, 0) is 9.53 Å². The third-order valence-electron chi connectivity index (χ3n) is 2.74. The van der Waals surface area contributed by atoms with E-state index in [-0.39, 0.29) is 13.0 Å². The van der Waals surface area contributed by atoms with Gasteiger partial charge >= 0.3 is 6.09 Å². The number of ketones is 1. The summed E-state index contributed by atoms with van der Waals surface area (Å²) >= 11 is 0. The molecule has 0 aromatic heterocycles. The van der Waals surface area contributed by atoms with Gasteiger partial charge in [-0.25, -0.2) is 13.6 Å². The molecule has 1 heterocycles. The minimum atomic E-state index is -3.18. The second-order valence-electron chi connectivity index (χ2n) is 5.61. The molecule has 0 saturated carbocycles.